The number of nitrogen functional groups attached to an aromatic ring is 1. The number of nitrogens with one attached hydrogen (secondary N) is 1. The molecule has 0 saturated carbocycles. The number of nitrogens with two attached hydrogens (primary N) is 1. The van der Waals surface area contributed by atoms with Crippen molar-refractivity contribution in [2.45, 2.75) is 31.2 Å². The normalized spacial score (nSPS) is 13.0. The third-order valence-electron chi connectivity index (χ3n) is 3.41. The first kappa shape index (κ1) is 15.5. The van der Waals surface area contributed by atoms with Gasteiger partial charge in [-0.1, -0.05) is 43.3 Å². The average molecular weight is 304 g/mol. The van der Waals surface area contributed by atoms with Crippen LogP contribution in [0, 0.1) is 6.92 Å². The summed E-state index contributed by atoms with van der Waals surface area (Å²) in [5.74, 6) is 0. The van der Waals surface area contributed by atoms with E-state index in [1.165, 1.54) is 6.07 Å². The maximum Gasteiger partial charge on any atom is 0.241 e. The number of benzene rings is 2. The number of sulfonamides is 1. The molecule has 0 saturated heterocycles. The lowest BCUT2D eigenvalue weighted by atomic mass is 10.1. The van der Waals surface area contributed by atoms with E-state index in [0.29, 0.717) is 17.7 Å². The van der Waals surface area contributed by atoms with Crippen LogP contribution in [0.3, 0.4) is 0 Å². The lowest BCUT2D eigenvalue weighted by Crippen LogP contribution is -2.29. The second-order valence-electron chi connectivity index (χ2n) is 5.02. The van der Waals surface area contributed by atoms with Gasteiger partial charge in [-0.3, -0.25) is 0 Å². The Morgan fingerprint density at radius 2 is 1.81 bits per heavy atom. The van der Waals surface area contributed by atoms with Gasteiger partial charge in [0.25, 0.3) is 0 Å². The van der Waals surface area contributed by atoms with Crippen molar-refractivity contribution < 1.29 is 8.42 Å². The molecular formula is C16H20N2O2S. The number of hydrogen-bond donors (Lipinski definition) is 2. The lowest BCUT2D eigenvalue weighted by molar-refractivity contribution is 0.549. The van der Waals surface area contributed by atoms with Gasteiger partial charge in [0.1, 0.15) is 0 Å². The minimum absolute atomic E-state index is 0.233. The van der Waals surface area contributed by atoms with E-state index in [-0.39, 0.29) is 10.9 Å². The predicted octanol–water partition coefficient (Wildman–Crippen LogP) is 3.01. The van der Waals surface area contributed by atoms with Crippen LogP contribution in [0.4, 0.5) is 5.69 Å². The van der Waals surface area contributed by atoms with Crippen molar-refractivity contribution in [1.29, 1.82) is 0 Å². The first-order valence-corrected chi connectivity index (χ1v) is 8.35. The van der Waals surface area contributed by atoms with E-state index in [9.17, 15) is 8.42 Å². The highest BCUT2D eigenvalue weighted by atomic mass is 32.2. The highest BCUT2D eigenvalue weighted by Crippen LogP contribution is 2.23. The van der Waals surface area contributed by atoms with Gasteiger partial charge in [-0.25, -0.2) is 13.1 Å². The monoisotopic (exact) mass is 304 g/mol. The summed E-state index contributed by atoms with van der Waals surface area (Å²) in [5.41, 5.74) is 7.77. The summed E-state index contributed by atoms with van der Waals surface area (Å²) in [7, 11) is -3.60. The van der Waals surface area contributed by atoms with Crippen LogP contribution in [0.15, 0.2) is 53.4 Å². The molecule has 0 bridgehead atoms. The summed E-state index contributed by atoms with van der Waals surface area (Å²) in [5, 5.41) is 0. The minimum atomic E-state index is -3.60. The Kier molecular flexibility index (Phi) is 4.65. The molecule has 0 aliphatic rings. The van der Waals surface area contributed by atoms with Gasteiger partial charge in [0.15, 0.2) is 0 Å². The summed E-state index contributed by atoms with van der Waals surface area (Å²) < 4.78 is 27.9. The summed E-state index contributed by atoms with van der Waals surface area (Å²) in [4.78, 5) is 0.233. The molecule has 0 heterocycles. The second kappa shape index (κ2) is 6.28. The molecule has 3 N–H and O–H groups in total. The number of anilines is 1. The van der Waals surface area contributed by atoms with Crippen molar-refractivity contribution in [3.63, 3.8) is 0 Å². The Bertz CT molecular complexity index is 712. The molecule has 0 fully saturated rings. The second-order valence-corrected chi connectivity index (χ2v) is 6.70. The van der Waals surface area contributed by atoms with E-state index in [0.717, 1.165) is 5.56 Å². The van der Waals surface area contributed by atoms with Crippen LogP contribution in [0.1, 0.15) is 30.5 Å². The lowest BCUT2D eigenvalue weighted by Gasteiger charge is -2.18. The van der Waals surface area contributed by atoms with E-state index < -0.39 is 10.0 Å². The summed E-state index contributed by atoms with van der Waals surface area (Å²) >= 11 is 0. The maximum absolute atomic E-state index is 12.6. The molecule has 2 aromatic carbocycles. The van der Waals surface area contributed by atoms with E-state index in [4.69, 9.17) is 5.73 Å². The summed E-state index contributed by atoms with van der Waals surface area (Å²) in [6, 6.07) is 14.2. The first-order chi connectivity index (χ1) is 9.94. The molecule has 0 aliphatic heterocycles. The quantitative estimate of drug-likeness (QED) is 0.834. The fourth-order valence-corrected chi connectivity index (χ4v) is 3.82. The SMILES string of the molecule is CCC(NS(=O)(=O)c1cc(N)ccc1C)c1ccccc1. The van der Waals surface area contributed by atoms with E-state index >= 15 is 0 Å². The zero-order valence-corrected chi connectivity index (χ0v) is 13.0. The zero-order valence-electron chi connectivity index (χ0n) is 12.2. The fourth-order valence-electron chi connectivity index (χ4n) is 2.23. The van der Waals surface area contributed by atoms with Crippen molar-refractivity contribution in [2.75, 3.05) is 5.73 Å². The van der Waals surface area contributed by atoms with Crippen LogP contribution >= 0.6 is 0 Å². The first-order valence-electron chi connectivity index (χ1n) is 6.87. The van der Waals surface area contributed by atoms with E-state index in [1.54, 1.807) is 19.1 Å². The Balaban J connectivity index is 2.34. The number of hydrogen-bond acceptors (Lipinski definition) is 3. The summed E-state index contributed by atoms with van der Waals surface area (Å²) in [6.07, 6.45) is 0.671. The van der Waals surface area contributed by atoms with Gasteiger partial charge in [0.05, 0.1) is 4.90 Å². The topological polar surface area (TPSA) is 72.2 Å². The van der Waals surface area contributed by atoms with Gasteiger partial charge >= 0.3 is 0 Å². The Morgan fingerprint density at radius 1 is 1.14 bits per heavy atom. The molecule has 0 spiro atoms. The molecule has 4 nitrogen and oxygen atoms in total. The van der Waals surface area contributed by atoms with E-state index in [1.807, 2.05) is 37.3 Å². The van der Waals surface area contributed by atoms with Crippen molar-refractivity contribution in [1.82, 2.24) is 4.72 Å². The van der Waals surface area contributed by atoms with Crippen LogP contribution in [-0.2, 0) is 10.0 Å². The third-order valence-corrected chi connectivity index (χ3v) is 5.02. The van der Waals surface area contributed by atoms with Gasteiger partial charge < -0.3 is 5.73 Å². The predicted molar refractivity (Wildman–Crippen MR) is 85.4 cm³/mol. The fraction of sp³-hybridized carbons (Fsp3) is 0.250. The maximum atomic E-state index is 12.6. The standard InChI is InChI=1S/C16H20N2O2S/c1-3-15(13-7-5-4-6-8-13)18-21(19,20)16-11-14(17)10-9-12(16)2/h4-11,15,18H,3,17H2,1-2H3. The van der Waals surface area contributed by atoms with Gasteiger partial charge in [-0.2, -0.15) is 0 Å². The minimum Gasteiger partial charge on any atom is -0.399 e. The van der Waals surface area contributed by atoms with Crippen molar-refractivity contribution in [3.05, 3.63) is 59.7 Å². The Morgan fingerprint density at radius 3 is 2.43 bits per heavy atom. The Hall–Kier alpha value is -1.85. The van der Waals surface area contributed by atoms with E-state index in [2.05, 4.69) is 4.72 Å². The third kappa shape index (κ3) is 3.62. The molecule has 0 radical (unpaired) electrons. The molecule has 1 atom stereocenters. The van der Waals surface area contributed by atoms with Gasteiger partial charge in [0.2, 0.25) is 10.0 Å². The molecular weight excluding hydrogens is 284 g/mol. The van der Waals surface area contributed by atoms with Crippen LogP contribution in [-0.4, -0.2) is 8.42 Å². The molecule has 0 aromatic heterocycles. The van der Waals surface area contributed by atoms with Gasteiger partial charge in [-0.15, -0.1) is 0 Å². The zero-order chi connectivity index (χ0) is 15.5. The largest absolute Gasteiger partial charge is 0.399 e. The van der Waals surface area contributed by atoms with Crippen LogP contribution in [0.5, 0.6) is 0 Å². The molecule has 112 valence electrons. The molecule has 0 aliphatic carbocycles. The smallest absolute Gasteiger partial charge is 0.241 e. The number of aryl methyl sites for hydroxylation is 1. The van der Waals surface area contributed by atoms with Gasteiger partial charge in [0, 0.05) is 11.7 Å². The molecule has 21 heavy (non-hydrogen) atoms. The Labute approximate surface area is 126 Å². The van der Waals surface area contributed by atoms with Crippen molar-refractivity contribution in [3.8, 4) is 0 Å². The van der Waals surface area contributed by atoms with Crippen LogP contribution < -0.4 is 10.5 Å². The number of rotatable bonds is 5. The average Bonchev–Trinajstić information content (AvgIpc) is 2.48. The van der Waals surface area contributed by atoms with Crippen molar-refractivity contribution in [2.24, 2.45) is 0 Å². The van der Waals surface area contributed by atoms with Crippen LogP contribution in [0.25, 0.3) is 0 Å². The molecule has 2 aromatic rings. The van der Waals surface area contributed by atoms with Crippen molar-refractivity contribution >= 4 is 15.7 Å². The molecule has 2 rings (SSSR count). The summed E-state index contributed by atoms with van der Waals surface area (Å²) in [6.45, 7) is 3.71. The van der Waals surface area contributed by atoms with Crippen LogP contribution in [0.2, 0.25) is 0 Å². The highest BCUT2D eigenvalue weighted by Gasteiger charge is 2.22. The molecule has 5 heteroatoms. The molecule has 0 amide bonds. The van der Waals surface area contributed by atoms with Gasteiger partial charge in [-0.05, 0) is 36.6 Å². The molecule has 1 unspecified atom stereocenters. The highest BCUT2D eigenvalue weighted by molar-refractivity contribution is 7.89.